The number of nitrogens with one attached hydrogen (secondary N) is 5. The van der Waals surface area contributed by atoms with E-state index in [2.05, 4.69) is 55.9 Å². The molecule has 1 atom stereocenters. The van der Waals surface area contributed by atoms with Gasteiger partial charge in [-0.05, 0) is 142 Å². The van der Waals surface area contributed by atoms with E-state index in [0.717, 1.165) is 79.8 Å². The van der Waals surface area contributed by atoms with Gasteiger partial charge in [0.1, 0.15) is 54.0 Å². The zero-order valence-corrected chi connectivity index (χ0v) is 42.2. The highest BCUT2D eigenvalue weighted by atomic mass is 35.5. The van der Waals surface area contributed by atoms with Crippen molar-refractivity contribution in [3.63, 3.8) is 0 Å². The van der Waals surface area contributed by atoms with E-state index in [4.69, 9.17) is 21.1 Å². The Hall–Kier alpha value is -8.06. The van der Waals surface area contributed by atoms with Crippen molar-refractivity contribution in [1.82, 2.24) is 45.3 Å². The summed E-state index contributed by atoms with van der Waals surface area (Å²) in [6, 6.07) is 29.8. The first-order valence-electron chi connectivity index (χ1n) is 23.2. The van der Waals surface area contributed by atoms with Crippen LogP contribution in [-0.4, -0.2) is 75.4 Å². The van der Waals surface area contributed by atoms with Crippen LogP contribution in [0.4, 0.5) is 32.2 Å². The van der Waals surface area contributed by atoms with Crippen LogP contribution < -0.4 is 35.5 Å². The zero-order valence-electron chi connectivity index (χ0n) is 40.7. The number of aromatic nitrogens is 6. The number of nitrogens with zero attached hydrogens (tertiary/aromatic N) is 6. The van der Waals surface area contributed by atoms with E-state index < -0.39 is 28.3 Å². The lowest BCUT2D eigenvalue weighted by Crippen LogP contribution is -2.40. The molecule has 16 nitrogen and oxygen atoms in total. The summed E-state index contributed by atoms with van der Waals surface area (Å²) in [6.45, 7) is 7.05. The standard InChI is InChI=1S/C28H29FN6O2.C26H24ClN5O3S/c1-18-14-22(8-11-26(18)37-23-9-5-19(2)31-16-23)35-27-24-15-21(7-10-25(24)32-17-33-27)6-4-20(3)34-28(36)30-13-12-29;1-17-3-6-20(15-28-17)35-24-8-5-19(14-22(24)27)31-25-21-13-18(4-7-23(21)29-16-30-25)9-10-26(11-12-26)32-36(2,33)34/h4-11,14-17,20H,12-13H2,1-3H3,(H2,30,34,36)(H,32,33,35);3-10,13-16,32H,11-12H2,1-2H3,(H,29,30,31). The molecule has 0 saturated heterocycles. The average molecular weight is 1020 g/mol. The number of fused-ring (bicyclic) bond motifs is 2. The molecule has 4 heterocycles. The number of carbonyl (C=O) groups excluding carboxylic acids is 1. The van der Waals surface area contributed by atoms with Crippen LogP contribution >= 0.6 is 11.6 Å². The summed E-state index contributed by atoms with van der Waals surface area (Å²) < 4.78 is 50.0. The molecule has 1 aliphatic rings. The third-order valence-corrected chi connectivity index (χ3v) is 12.3. The van der Waals surface area contributed by atoms with Crippen molar-refractivity contribution in [1.29, 1.82) is 0 Å². The molecule has 0 bridgehead atoms. The van der Waals surface area contributed by atoms with E-state index in [1.165, 1.54) is 18.9 Å². The first kappa shape index (κ1) is 51.3. The predicted octanol–water partition coefficient (Wildman–Crippen LogP) is 11.5. The van der Waals surface area contributed by atoms with Gasteiger partial charge >= 0.3 is 6.03 Å². The van der Waals surface area contributed by atoms with Gasteiger partial charge in [-0.2, -0.15) is 0 Å². The van der Waals surface area contributed by atoms with Crippen LogP contribution in [0.1, 0.15) is 47.8 Å². The molecule has 73 heavy (non-hydrogen) atoms. The minimum atomic E-state index is -3.28. The van der Waals surface area contributed by atoms with Crippen LogP contribution in [0.3, 0.4) is 0 Å². The third-order valence-electron chi connectivity index (χ3n) is 11.3. The van der Waals surface area contributed by atoms with Crippen molar-refractivity contribution >= 4 is 84.6 Å². The van der Waals surface area contributed by atoms with Gasteiger partial charge in [-0.25, -0.2) is 42.3 Å². The van der Waals surface area contributed by atoms with Crippen LogP contribution in [0.2, 0.25) is 5.02 Å². The number of hydrogen-bond donors (Lipinski definition) is 5. The van der Waals surface area contributed by atoms with E-state index in [1.807, 2.05) is 137 Å². The summed E-state index contributed by atoms with van der Waals surface area (Å²) in [4.78, 5) is 37.8. The fraction of sp³-hybridized carbons (Fsp3) is 0.204. The Bertz CT molecular complexity index is 3430. The maximum atomic E-state index is 12.2. The Kier molecular flexibility index (Phi) is 16.2. The molecule has 0 aliphatic heterocycles. The summed E-state index contributed by atoms with van der Waals surface area (Å²) in [6.07, 6.45) is 16.7. The number of halogens is 2. The second-order valence-electron chi connectivity index (χ2n) is 17.4. The molecule has 374 valence electrons. The lowest BCUT2D eigenvalue weighted by molar-refractivity contribution is 0.238. The number of benzene rings is 4. The molecule has 1 unspecified atom stereocenters. The number of carbonyl (C=O) groups is 1. The maximum Gasteiger partial charge on any atom is 0.315 e. The normalized spacial score (nSPS) is 13.3. The van der Waals surface area contributed by atoms with Crippen LogP contribution in [0.15, 0.2) is 134 Å². The minimum Gasteiger partial charge on any atom is -0.455 e. The zero-order chi connectivity index (χ0) is 51.5. The molecular formula is C54H53ClFN11O5S. The molecule has 8 aromatic rings. The minimum absolute atomic E-state index is 0.0117. The molecule has 1 saturated carbocycles. The van der Waals surface area contributed by atoms with Crippen LogP contribution in [0, 0.1) is 20.8 Å². The number of sulfonamides is 1. The number of urea groups is 1. The highest BCUT2D eigenvalue weighted by Gasteiger charge is 2.42. The van der Waals surface area contributed by atoms with Gasteiger partial charge in [0.05, 0.1) is 40.2 Å². The Morgan fingerprint density at radius 2 is 1.29 bits per heavy atom. The Balaban J connectivity index is 0.000000195. The van der Waals surface area contributed by atoms with Gasteiger partial charge < -0.3 is 30.7 Å². The van der Waals surface area contributed by atoms with Crippen molar-refractivity contribution < 1.29 is 27.1 Å². The highest BCUT2D eigenvalue weighted by Crippen LogP contribution is 2.39. The van der Waals surface area contributed by atoms with Gasteiger partial charge in [0.2, 0.25) is 10.0 Å². The molecule has 1 fully saturated rings. The highest BCUT2D eigenvalue weighted by molar-refractivity contribution is 7.88. The van der Waals surface area contributed by atoms with Crippen molar-refractivity contribution in [2.24, 2.45) is 0 Å². The third kappa shape index (κ3) is 14.5. The Labute approximate surface area is 427 Å². The molecule has 4 aromatic heterocycles. The molecule has 1 aliphatic carbocycles. The van der Waals surface area contributed by atoms with E-state index >= 15 is 0 Å². The van der Waals surface area contributed by atoms with Crippen molar-refractivity contribution in [3.05, 3.63) is 167 Å². The maximum absolute atomic E-state index is 12.2. The van der Waals surface area contributed by atoms with Crippen molar-refractivity contribution in [3.8, 4) is 23.0 Å². The number of alkyl halides is 1. The van der Waals surface area contributed by atoms with Crippen molar-refractivity contribution in [2.45, 2.75) is 52.1 Å². The fourth-order valence-electron chi connectivity index (χ4n) is 7.40. The number of amides is 2. The average Bonchev–Trinajstić information content (AvgIpc) is 4.13. The van der Waals surface area contributed by atoms with E-state index in [-0.39, 0.29) is 12.6 Å². The second-order valence-corrected chi connectivity index (χ2v) is 19.6. The lowest BCUT2D eigenvalue weighted by atomic mass is 10.1. The fourth-order valence-corrected chi connectivity index (χ4v) is 8.63. The molecule has 9 rings (SSSR count). The summed E-state index contributed by atoms with van der Waals surface area (Å²) in [5.74, 6) is 3.85. The van der Waals surface area contributed by atoms with Gasteiger partial charge in [-0.1, -0.05) is 48.0 Å². The number of anilines is 4. The molecule has 4 aromatic carbocycles. The summed E-state index contributed by atoms with van der Waals surface area (Å²) in [5, 5.41) is 14.0. The number of hydrogen-bond acceptors (Lipinski definition) is 13. The molecule has 2 amide bonds. The molecule has 0 spiro atoms. The Morgan fingerprint density at radius 3 is 1.81 bits per heavy atom. The van der Waals surface area contributed by atoms with E-state index in [0.29, 0.717) is 33.9 Å². The predicted molar refractivity (Wildman–Crippen MR) is 286 cm³/mol. The van der Waals surface area contributed by atoms with Gasteiger partial charge in [0.25, 0.3) is 0 Å². The smallest absolute Gasteiger partial charge is 0.315 e. The quantitative estimate of drug-likeness (QED) is 0.0576. The number of ether oxygens (including phenoxy) is 2. The lowest BCUT2D eigenvalue weighted by Gasteiger charge is -2.13. The number of pyridine rings is 2. The largest absolute Gasteiger partial charge is 0.455 e. The van der Waals surface area contributed by atoms with Crippen LogP contribution in [0.5, 0.6) is 23.0 Å². The van der Waals surface area contributed by atoms with Gasteiger partial charge in [0, 0.05) is 46.1 Å². The molecule has 0 radical (unpaired) electrons. The topological polar surface area (TPSA) is 207 Å². The van der Waals surface area contributed by atoms with Crippen LogP contribution in [-0.2, 0) is 10.0 Å². The Morgan fingerprint density at radius 1 is 0.726 bits per heavy atom. The monoisotopic (exact) mass is 1020 g/mol. The van der Waals surface area contributed by atoms with Crippen LogP contribution in [0.25, 0.3) is 34.0 Å². The summed E-state index contributed by atoms with van der Waals surface area (Å²) >= 11 is 6.48. The SMILES string of the molecule is Cc1ccc(Oc2ccc(Nc3ncnc4ccc(C=CC(C)NC(=O)NCCF)cc34)cc2C)cn1.Cc1ccc(Oc2ccc(Nc3ncnc4ccc(C=CC5(NS(C)(=O)=O)CC5)cc34)cc2Cl)cn1. The first-order valence-corrected chi connectivity index (χ1v) is 25.5. The van der Waals surface area contributed by atoms with Gasteiger partial charge in [-0.15, -0.1) is 0 Å². The molecule has 5 N–H and O–H groups in total. The van der Waals surface area contributed by atoms with Gasteiger partial charge in [0.15, 0.2) is 0 Å². The van der Waals surface area contributed by atoms with Crippen molar-refractivity contribution in [2.75, 3.05) is 30.1 Å². The summed E-state index contributed by atoms with van der Waals surface area (Å²) in [7, 11) is -3.28. The molecular weight excluding hydrogens is 969 g/mol. The van der Waals surface area contributed by atoms with E-state index in [9.17, 15) is 17.6 Å². The van der Waals surface area contributed by atoms with Gasteiger partial charge in [-0.3, -0.25) is 9.97 Å². The summed E-state index contributed by atoms with van der Waals surface area (Å²) in [5.41, 5.74) is 7.33. The number of rotatable bonds is 17. The molecule has 19 heteroatoms. The second kappa shape index (κ2) is 23.0. The number of aryl methyl sites for hydroxylation is 3. The van der Waals surface area contributed by atoms with E-state index in [1.54, 1.807) is 24.5 Å². The first-order chi connectivity index (χ1) is 35.1.